The van der Waals surface area contributed by atoms with E-state index in [-0.39, 0.29) is 5.91 Å². The van der Waals surface area contributed by atoms with Crippen LogP contribution in [0.1, 0.15) is 12.6 Å². The Morgan fingerprint density at radius 1 is 1.03 bits per heavy atom. The molecule has 3 aromatic rings. The number of rotatable bonds is 5. The van der Waals surface area contributed by atoms with Crippen LogP contribution in [0.15, 0.2) is 55.0 Å². The highest BCUT2D eigenvalue weighted by Crippen LogP contribution is 2.17. The molecule has 0 N–H and O–H groups in total. The van der Waals surface area contributed by atoms with Crippen LogP contribution in [0.5, 0.6) is 5.75 Å². The van der Waals surface area contributed by atoms with Gasteiger partial charge in [0.05, 0.1) is 5.69 Å². The zero-order valence-corrected chi connectivity index (χ0v) is 16.6. The van der Waals surface area contributed by atoms with Crippen LogP contribution in [0.2, 0.25) is 0 Å². The maximum atomic E-state index is 12.7. The standard InChI is InChI=1S/C21H24N6O2/c1-16-8-9-27(24-16)20-14-19(22-15-23-20)25-10-12-26(13-11-25)21(28)17(2)29-18-6-4-3-5-7-18/h3-9,14-15,17H,10-13H2,1-2H3. The van der Waals surface area contributed by atoms with E-state index in [9.17, 15) is 4.79 Å². The predicted molar refractivity (Wildman–Crippen MR) is 109 cm³/mol. The normalized spacial score (nSPS) is 15.2. The van der Waals surface area contributed by atoms with Gasteiger partial charge in [-0.1, -0.05) is 18.2 Å². The average molecular weight is 392 g/mol. The third kappa shape index (κ3) is 4.37. The number of aryl methyl sites for hydroxylation is 1. The molecule has 150 valence electrons. The minimum absolute atomic E-state index is 0.00361. The number of piperazine rings is 1. The van der Waals surface area contributed by atoms with E-state index in [2.05, 4.69) is 20.0 Å². The highest BCUT2D eigenvalue weighted by Gasteiger charge is 2.26. The maximum absolute atomic E-state index is 12.7. The van der Waals surface area contributed by atoms with E-state index in [0.29, 0.717) is 31.9 Å². The molecule has 1 aromatic carbocycles. The Morgan fingerprint density at radius 3 is 2.45 bits per heavy atom. The van der Waals surface area contributed by atoms with Crippen LogP contribution in [0, 0.1) is 6.92 Å². The second-order valence-corrected chi connectivity index (χ2v) is 7.02. The number of para-hydroxylation sites is 1. The van der Waals surface area contributed by atoms with E-state index in [1.54, 1.807) is 17.9 Å². The zero-order valence-electron chi connectivity index (χ0n) is 16.6. The molecule has 0 radical (unpaired) electrons. The summed E-state index contributed by atoms with van der Waals surface area (Å²) in [5.41, 5.74) is 0.934. The van der Waals surface area contributed by atoms with E-state index >= 15 is 0 Å². The van der Waals surface area contributed by atoms with Gasteiger partial charge in [-0.3, -0.25) is 4.79 Å². The lowest BCUT2D eigenvalue weighted by molar-refractivity contribution is -0.138. The summed E-state index contributed by atoms with van der Waals surface area (Å²) in [5, 5.41) is 4.40. The molecule has 0 saturated carbocycles. The Bertz CT molecular complexity index is 966. The summed E-state index contributed by atoms with van der Waals surface area (Å²) in [7, 11) is 0. The van der Waals surface area contributed by atoms with Gasteiger partial charge in [-0.2, -0.15) is 5.10 Å². The number of benzene rings is 1. The number of nitrogens with zero attached hydrogens (tertiary/aromatic N) is 6. The van der Waals surface area contributed by atoms with Gasteiger partial charge in [0.15, 0.2) is 11.9 Å². The summed E-state index contributed by atoms with van der Waals surface area (Å²) in [6.07, 6.45) is 2.92. The van der Waals surface area contributed by atoms with Crippen LogP contribution < -0.4 is 9.64 Å². The van der Waals surface area contributed by atoms with Crippen molar-refractivity contribution in [1.29, 1.82) is 0 Å². The molecule has 1 amide bonds. The van der Waals surface area contributed by atoms with Crippen molar-refractivity contribution in [1.82, 2.24) is 24.6 Å². The number of amides is 1. The minimum Gasteiger partial charge on any atom is -0.481 e. The van der Waals surface area contributed by atoms with E-state index in [1.807, 2.05) is 60.5 Å². The lowest BCUT2D eigenvalue weighted by Gasteiger charge is -2.36. The number of hydrogen-bond donors (Lipinski definition) is 0. The molecule has 3 heterocycles. The van der Waals surface area contributed by atoms with Gasteiger partial charge in [-0.05, 0) is 32.0 Å². The second kappa shape index (κ2) is 8.30. The third-order valence-electron chi connectivity index (χ3n) is 4.91. The van der Waals surface area contributed by atoms with E-state index < -0.39 is 6.10 Å². The largest absolute Gasteiger partial charge is 0.481 e. The molecule has 1 saturated heterocycles. The highest BCUT2D eigenvalue weighted by atomic mass is 16.5. The van der Waals surface area contributed by atoms with Crippen LogP contribution in [0.3, 0.4) is 0 Å². The Labute approximate surface area is 169 Å². The number of ether oxygens (including phenoxy) is 1. The van der Waals surface area contributed by atoms with Gasteiger partial charge >= 0.3 is 0 Å². The Kier molecular flexibility index (Phi) is 5.41. The SMILES string of the molecule is Cc1ccn(-c2cc(N3CCN(C(=O)C(C)Oc4ccccc4)CC3)ncn2)n1. The van der Waals surface area contributed by atoms with Crippen LogP contribution in [0.25, 0.3) is 5.82 Å². The van der Waals surface area contributed by atoms with Crippen molar-refractivity contribution in [2.75, 3.05) is 31.1 Å². The van der Waals surface area contributed by atoms with Gasteiger partial charge in [0.1, 0.15) is 17.9 Å². The summed E-state index contributed by atoms with van der Waals surface area (Å²) < 4.78 is 7.51. The molecule has 0 bridgehead atoms. The van der Waals surface area contributed by atoms with Crippen LogP contribution in [0.4, 0.5) is 5.82 Å². The van der Waals surface area contributed by atoms with Crippen LogP contribution in [-0.2, 0) is 4.79 Å². The van der Waals surface area contributed by atoms with Crippen molar-refractivity contribution in [3.8, 4) is 11.6 Å². The van der Waals surface area contributed by atoms with Crippen molar-refractivity contribution in [3.05, 3.63) is 60.7 Å². The molecule has 1 aliphatic rings. The summed E-state index contributed by atoms with van der Waals surface area (Å²) >= 11 is 0. The van der Waals surface area contributed by atoms with E-state index in [4.69, 9.17) is 4.74 Å². The summed E-state index contributed by atoms with van der Waals surface area (Å²) in [4.78, 5) is 25.5. The first-order valence-corrected chi connectivity index (χ1v) is 9.70. The molecule has 1 unspecified atom stereocenters. The van der Waals surface area contributed by atoms with Crippen molar-refractivity contribution >= 4 is 11.7 Å². The molecule has 2 aromatic heterocycles. The number of carbonyl (C=O) groups excluding carboxylic acids is 1. The topological polar surface area (TPSA) is 76.4 Å². The quantitative estimate of drug-likeness (QED) is 0.662. The number of anilines is 1. The summed E-state index contributed by atoms with van der Waals surface area (Å²) in [6, 6.07) is 13.3. The number of aromatic nitrogens is 4. The fraction of sp³-hybridized carbons (Fsp3) is 0.333. The van der Waals surface area contributed by atoms with Crippen molar-refractivity contribution in [3.63, 3.8) is 0 Å². The van der Waals surface area contributed by atoms with Gasteiger partial charge in [-0.15, -0.1) is 0 Å². The van der Waals surface area contributed by atoms with E-state index in [0.717, 1.165) is 17.3 Å². The molecule has 8 nitrogen and oxygen atoms in total. The maximum Gasteiger partial charge on any atom is 0.263 e. The van der Waals surface area contributed by atoms with Crippen molar-refractivity contribution in [2.45, 2.75) is 20.0 Å². The van der Waals surface area contributed by atoms with Gasteiger partial charge < -0.3 is 14.5 Å². The Balaban J connectivity index is 1.36. The van der Waals surface area contributed by atoms with Gasteiger partial charge in [0.2, 0.25) is 0 Å². The summed E-state index contributed by atoms with van der Waals surface area (Å²) in [5.74, 6) is 2.27. The molecule has 1 aliphatic heterocycles. The highest BCUT2D eigenvalue weighted by molar-refractivity contribution is 5.81. The van der Waals surface area contributed by atoms with Crippen molar-refractivity contribution < 1.29 is 9.53 Å². The minimum atomic E-state index is -0.516. The lowest BCUT2D eigenvalue weighted by atomic mass is 10.2. The molecule has 8 heteroatoms. The smallest absolute Gasteiger partial charge is 0.263 e. The zero-order chi connectivity index (χ0) is 20.2. The van der Waals surface area contributed by atoms with Crippen LogP contribution >= 0.6 is 0 Å². The number of hydrogen-bond acceptors (Lipinski definition) is 6. The molecular weight excluding hydrogens is 368 g/mol. The second-order valence-electron chi connectivity index (χ2n) is 7.02. The Morgan fingerprint density at radius 2 is 1.76 bits per heavy atom. The average Bonchev–Trinajstić information content (AvgIpc) is 3.20. The molecule has 0 spiro atoms. The first kappa shape index (κ1) is 18.9. The van der Waals surface area contributed by atoms with Crippen molar-refractivity contribution in [2.24, 2.45) is 0 Å². The molecule has 4 rings (SSSR count). The third-order valence-corrected chi connectivity index (χ3v) is 4.91. The number of carbonyl (C=O) groups is 1. The first-order chi connectivity index (χ1) is 14.1. The van der Waals surface area contributed by atoms with Gasteiger partial charge in [-0.25, -0.2) is 14.6 Å². The lowest BCUT2D eigenvalue weighted by Crippen LogP contribution is -2.52. The predicted octanol–water partition coefficient (Wildman–Crippen LogP) is 2.09. The molecule has 29 heavy (non-hydrogen) atoms. The van der Waals surface area contributed by atoms with Crippen LogP contribution in [-0.4, -0.2) is 62.8 Å². The van der Waals surface area contributed by atoms with Gasteiger partial charge in [0, 0.05) is 38.4 Å². The first-order valence-electron chi connectivity index (χ1n) is 9.70. The van der Waals surface area contributed by atoms with E-state index in [1.165, 1.54) is 0 Å². The summed E-state index contributed by atoms with van der Waals surface area (Å²) in [6.45, 7) is 6.40. The molecular formula is C21H24N6O2. The molecule has 1 fully saturated rings. The Hall–Kier alpha value is -3.42. The fourth-order valence-corrected chi connectivity index (χ4v) is 3.34. The molecule has 1 atom stereocenters. The van der Waals surface area contributed by atoms with Gasteiger partial charge in [0.25, 0.3) is 5.91 Å². The fourth-order valence-electron chi connectivity index (χ4n) is 3.34. The monoisotopic (exact) mass is 392 g/mol. The molecule has 0 aliphatic carbocycles.